The first-order valence-corrected chi connectivity index (χ1v) is 4.68. The van der Waals surface area contributed by atoms with Crippen LogP contribution in [0.4, 0.5) is 0 Å². The molecule has 0 aromatic heterocycles. The van der Waals surface area contributed by atoms with Crippen molar-refractivity contribution in [2.45, 2.75) is 6.42 Å². The molecule has 70 valence electrons. The maximum atomic E-state index is 5.87. The van der Waals surface area contributed by atoms with Crippen molar-refractivity contribution in [1.82, 2.24) is 0 Å². The molecule has 0 fully saturated rings. The monoisotopic (exact) mass is 216 g/mol. The SMILES string of the molecule is C=CCCOc1cc(Cl)ccc1Cl. The summed E-state index contributed by atoms with van der Waals surface area (Å²) in [5.74, 6) is 0.621. The molecule has 0 radical (unpaired) electrons. The predicted octanol–water partition coefficient (Wildman–Crippen LogP) is 3.95. The van der Waals surface area contributed by atoms with Gasteiger partial charge in [0.15, 0.2) is 0 Å². The molecule has 0 atom stereocenters. The summed E-state index contributed by atoms with van der Waals surface area (Å²) in [4.78, 5) is 0. The second kappa shape index (κ2) is 5.15. The Balaban J connectivity index is 2.64. The average molecular weight is 217 g/mol. The number of hydrogen-bond donors (Lipinski definition) is 0. The molecule has 0 saturated carbocycles. The van der Waals surface area contributed by atoms with E-state index in [0.717, 1.165) is 6.42 Å². The van der Waals surface area contributed by atoms with Gasteiger partial charge in [0, 0.05) is 11.1 Å². The van der Waals surface area contributed by atoms with E-state index in [1.54, 1.807) is 24.3 Å². The van der Waals surface area contributed by atoms with Crippen molar-refractivity contribution in [3.05, 3.63) is 40.9 Å². The normalized spacial score (nSPS) is 9.69. The molecular weight excluding hydrogens is 207 g/mol. The largest absolute Gasteiger partial charge is 0.492 e. The molecule has 0 aliphatic carbocycles. The van der Waals surface area contributed by atoms with Crippen LogP contribution in [0.3, 0.4) is 0 Å². The molecule has 1 nitrogen and oxygen atoms in total. The summed E-state index contributed by atoms with van der Waals surface area (Å²) in [5.41, 5.74) is 0. The van der Waals surface area contributed by atoms with Crippen LogP contribution in [0.2, 0.25) is 10.0 Å². The number of hydrogen-bond acceptors (Lipinski definition) is 1. The van der Waals surface area contributed by atoms with Crippen LogP contribution < -0.4 is 4.74 Å². The number of ether oxygens (including phenoxy) is 1. The Hall–Kier alpha value is -0.660. The molecule has 13 heavy (non-hydrogen) atoms. The zero-order valence-corrected chi connectivity index (χ0v) is 8.61. The van der Waals surface area contributed by atoms with Gasteiger partial charge >= 0.3 is 0 Å². The van der Waals surface area contributed by atoms with Crippen molar-refractivity contribution < 1.29 is 4.74 Å². The molecule has 0 heterocycles. The number of benzene rings is 1. The summed E-state index contributed by atoms with van der Waals surface area (Å²) >= 11 is 11.6. The van der Waals surface area contributed by atoms with Gasteiger partial charge in [-0.05, 0) is 18.6 Å². The van der Waals surface area contributed by atoms with Gasteiger partial charge in [0.2, 0.25) is 0 Å². The van der Waals surface area contributed by atoms with E-state index >= 15 is 0 Å². The van der Waals surface area contributed by atoms with Crippen LogP contribution in [-0.4, -0.2) is 6.61 Å². The minimum atomic E-state index is 0.573. The van der Waals surface area contributed by atoms with Gasteiger partial charge in [0.25, 0.3) is 0 Å². The van der Waals surface area contributed by atoms with E-state index in [9.17, 15) is 0 Å². The van der Waals surface area contributed by atoms with Crippen molar-refractivity contribution in [1.29, 1.82) is 0 Å². The maximum Gasteiger partial charge on any atom is 0.139 e. The zero-order chi connectivity index (χ0) is 9.68. The van der Waals surface area contributed by atoms with Crippen molar-refractivity contribution in [3.8, 4) is 5.75 Å². The maximum absolute atomic E-state index is 5.87. The molecule has 0 bridgehead atoms. The third-order valence-electron chi connectivity index (χ3n) is 1.47. The second-order valence-electron chi connectivity index (χ2n) is 2.50. The van der Waals surface area contributed by atoms with Gasteiger partial charge in [0.05, 0.1) is 11.6 Å². The average Bonchev–Trinajstić information content (AvgIpc) is 2.11. The van der Waals surface area contributed by atoms with Crippen LogP contribution in [0.5, 0.6) is 5.75 Å². The first kappa shape index (κ1) is 10.4. The van der Waals surface area contributed by atoms with Crippen molar-refractivity contribution >= 4 is 23.2 Å². The summed E-state index contributed by atoms with van der Waals surface area (Å²) in [6.07, 6.45) is 2.58. The smallest absolute Gasteiger partial charge is 0.139 e. The summed E-state index contributed by atoms with van der Waals surface area (Å²) in [7, 11) is 0. The molecular formula is C10H10Cl2O. The van der Waals surface area contributed by atoms with Gasteiger partial charge in [-0.25, -0.2) is 0 Å². The van der Waals surface area contributed by atoms with Gasteiger partial charge in [-0.1, -0.05) is 29.3 Å². The number of rotatable bonds is 4. The van der Waals surface area contributed by atoms with Crippen molar-refractivity contribution in [2.24, 2.45) is 0 Å². The molecule has 1 aromatic carbocycles. The van der Waals surface area contributed by atoms with E-state index < -0.39 is 0 Å². The number of halogens is 2. The minimum Gasteiger partial charge on any atom is -0.492 e. The van der Waals surface area contributed by atoms with Crippen molar-refractivity contribution in [2.75, 3.05) is 6.61 Å². The summed E-state index contributed by atoms with van der Waals surface area (Å²) in [6.45, 7) is 4.17. The standard InChI is InChI=1S/C10H10Cl2O/c1-2-3-6-13-10-7-8(11)4-5-9(10)12/h2,4-5,7H,1,3,6H2. The highest BCUT2D eigenvalue weighted by molar-refractivity contribution is 6.34. The zero-order valence-electron chi connectivity index (χ0n) is 7.09. The van der Waals surface area contributed by atoms with E-state index in [4.69, 9.17) is 27.9 Å². The second-order valence-corrected chi connectivity index (χ2v) is 3.34. The first-order chi connectivity index (χ1) is 6.24. The van der Waals surface area contributed by atoms with Crippen LogP contribution in [0, 0.1) is 0 Å². The summed E-state index contributed by atoms with van der Waals surface area (Å²) in [6, 6.07) is 5.14. The molecule has 0 saturated heterocycles. The van der Waals surface area contributed by atoms with Crippen LogP contribution in [0.25, 0.3) is 0 Å². The Morgan fingerprint density at radius 1 is 1.38 bits per heavy atom. The van der Waals surface area contributed by atoms with Gasteiger partial charge in [-0.2, -0.15) is 0 Å². The summed E-state index contributed by atoms with van der Waals surface area (Å²) < 4.78 is 5.37. The van der Waals surface area contributed by atoms with E-state index in [-0.39, 0.29) is 0 Å². The van der Waals surface area contributed by atoms with Gasteiger partial charge in [-0.3, -0.25) is 0 Å². The minimum absolute atomic E-state index is 0.573. The lowest BCUT2D eigenvalue weighted by Gasteiger charge is -2.06. The lowest BCUT2D eigenvalue weighted by Crippen LogP contribution is -1.95. The van der Waals surface area contributed by atoms with E-state index in [0.29, 0.717) is 22.4 Å². The first-order valence-electron chi connectivity index (χ1n) is 3.93. The van der Waals surface area contributed by atoms with Crippen LogP contribution in [-0.2, 0) is 0 Å². The van der Waals surface area contributed by atoms with E-state index in [2.05, 4.69) is 6.58 Å². The highest BCUT2D eigenvalue weighted by Gasteiger charge is 2.00. The lowest BCUT2D eigenvalue weighted by molar-refractivity contribution is 0.325. The Labute approximate surface area is 87.9 Å². The van der Waals surface area contributed by atoms with Gasteiger partial charge in [-0.15, -0.1) is 6.58 Å². The molecule has 0 N–H and O–H groups in total. The predicted molar refractivity (Wildman–Crippen MR) is 56.8 cm³/mol. The molecule has 0 amide bonds. The summed E-state index contributed by atoms with van der Waals surface area (Å²) in [5, 5.41) is 1.20. The fourth-order valence-electron chi connectivity index (χ4n) is 0.840. The Morgan fingerprint density at radius 2 is 2.15 bits per heavy atom. The molecule has 3 heteroatoms. The van der Waals surface area contributed by atoms with Gasteiger partial charge in [0.1, 0.15) is 5.75 Å². The van der Waals surface area contributed by atoms with E-state index in [1.165, 1.54) is 0 Å². The fraction of sp³-hybridized carbons (Fsp3) is 0.200. The van der Waals surface area contributed by atoms with E-state index in [1.807, 2.05) is 0 Å². The van der Waals surface area contributed by atoms with Crippen LogP contribution >= 0.6 is 23.2 Å². The lowest BCUT2D eigenvalue weighted by atomic mass is 10.3. The third-order valence-corrected chi connectivity index (χ3v) is 2.02. The molecule has 0 aliphatic heterocycles. The van der Waals surface area contributed by atoms with Crippen molar-refractivity contribution in [3.63, 3.8) is 0 Å². The molecule has 0 spiro atoms. The topological polar surface area (TPSA) is 9.23 Å². The van der Waals surface area contributed by atoms with Crippen LogP contribution in [0.1, 0.15) is 6.42 Å². The van der Waals surface area contributed by atoms with Crippen LogP contribution in [0.15, 0.2) is 30.9 Å². The molecule has 0 unspecified atom stereocenters. The Morgan fingerprint density at radius 3 is 2.85 bits per heavy atom. The third kappa shape index (κ3) is 3.29. The highest BCUT2D eigenvalue weighted by Crippen LogP contribution is 2.27. The Bertz CT molecular complexity index is 297. The molecule has 0 aliphatic rings. The highest BCUT2D eigenvalue weighted by atomic mass is 35.5. The molecule has 1 rings (SSSR count). The fourth-order valence-corrected chi connectivity index (χ4v) is 1.17. The molecule has 1 aromatic rings. The Kier molecular flexibility index (Phi) is 4.13. The quantitative estimate of drug-likeness (QED) is 0.548. The van der Waals surface area contributed by atoms with Gasteiger partial charge < -0.3 is 4.74 Å².